The topological polar surface area (TPSA) is 78.8 Å². The summed E-state index contributed by atoms with van der Waals surface area (Å²) in [6.07, 6.45) is 1.52. The molecular weight excluding hydrogens is 398 g/mol. The summed E-state index contributed by atoms with van der Waals surface area (Å²) >= 11 is 0. The molecule has 0 aliphatic heterocycles. The molecule has 30 heavy (non-hydrogen) atoms. The van der Waals surface area contributed by atoms with Gasteiger partial charge in [0.2, 0.25) is 0 Å². The number of benzene rings is 3. The van der Waals surface area contributed by atoms with Crippen LogP contribution in [0.15, 0.2) is 88.9 Å². The molecule has 0 unspecified atom stereocenters. The van der Waals surface area contributed by atoms with E-state index in [0.29, 0.717) is 5.69 Å². The summed E-state index contributed by atoms with van der Waals surface area (Å²) in [5, 5.41) is 3.95. The first-order chi connectivity index (χ1) is 14.4. The molecule has 0 aromatic heterocycles. The number of nitrogens with zero attached hydrogens (tertiary/aromatic N) is 2. The fourth-order valence-corrected chi connectivity index (χ4v) is 4.37. The number of para-hydroxylation sites is 1. The first-order valence-electron chi connectivity index (χ1n) is 9.40. The fourth-order valence-electron chi connectivity index (χ4n) is 2.86. The first-order valence-corrected chi connectivity index (χ1v) is 10.8. The average Bonchev–Trinajstić information content (AvgIpc) is 2.75. The van der Waals surface area contributed by atoms with Crippen molar-refractivity contribution in [1.29, 1.82) is 0 Å². The monoisotopic (exact) mass is 421 g/mol. The van der Waals surface area contributed by atoms with Crippen LogP contribution in [-0.4, -0.2) is 27.1 Å². The molecule has 0 aliphatic rings. The summed E-state index contributed by atoms with van der Waals surface area (Å²) in [5.74, 6) is -0.541. The van der Waals surface area contributed by atoms with Crippen molar-refractivity contribution in [3.8, 4) is 0 Å². The van der Waals surface area contributed by atoms with Gasteiger partial charge >= 0.3 is 0 Å². The van der Waals surface area contributed by atoms with Crippen molar-refractivity contribution in [2.45, 2.75) is 18.7 Å². The second kappa shape index (κ2) is 9.37. The zero-order chi connectivity index (χ0) is 21.6. The van der Waals surface area contributed by atoms with Gasteiger partial charge < -0.3 is 0 Å². The number of nitrogens with one attached hydrogen (secondary N) is 1. The number of amides is 1. The maximum Gasteiger partial charge on any atom is 0.264 e. The van der Waals surface area contributed by atoms with Gasteiger partial charge in [0.15, 0.2) is 0 Å². The molecule has 0 heterocycles. The molecule has 6 nitrogen and oxygen atoms in total. The van der Waals surface area contributed by atoms with E-state index in [4.69, 9.17) is 0 Å². The molecule has 0 aliphatic carbocycles. The van der Waals surface area contributed by atoms with Crippen LogP contribution in [-0.2, 0) is 14.8 Å². The van der Waals surface area contributed by atoms with E-state index in [-0.39, 0.29) is 4.90 Å². The van der Waals surface area contributed by atoms with Crippen LogP contribution in [0.4, 0.5) is 5.69 Å². The minimum atomic E-state index is -3.93. The molecule has 0 spiro atoms. The van der Waals surface area contributed by atoms with E-state index >= 15 is 0 Å². The Morgan fingerprint density at radius 3 is 2.23 bits per heavy atom. The zero-order valence-corrected chi connectivity index (χ0v) is 17.6. The Labute approximate surface area is 176 Å². The molecule has 0 saturated heterocycles. The lowest BCUT2D eigenvalue weighted by Crippen LogP contribution is -2.40. The highest BCUT2D eigenvalue weighted by Crippen LogP contribution is 2.26. The largest absolute Gasteiger partial charge is 0.271 e. The molecule has 3 aromatic rings. The molecule has 0 saturated carbocycles. The van der Waals surface area contributed by atoms with Crippen molar-refractivity contribution in [3.63, 3.8) is 0 Å². The lowest BCUT2D eigenvalue weighted by Gasteiger charge is -2.25. The van der Waals surface area contributed by atoms with Gasteiger partial charge in [0.25, 0.3) is 15.9 Å². The summed E-state index contributed by atoms with van der Waals surface area (Å²) in [7, 11) is -3.93. The SMILES string of the molecule is Cc1ccc(/C=N/NC(=O)CN(c2ccccc2C)S(=O)(=O)c2ccccc2)cc1. The number of anilines is 1. The Morgan fingerprint density at radius 2 is 1.57 bits per heavy atom. The Morgan fingerprint density at radius 1 is 0.933 bits per heavy atom. The Kier molecular flexibility index (Phi) is 6.64. The van der Waals surface area contributed by atoms with Crippen molar-refractivity contribution in [3.05, 3.63) is 95.6 Å². The predicted octanol–water partition coefficient (Wildman–Crippen LogP) is 3.65. The lowest BCUT2D eigenvalue weighted by molar-refractivity contribution is -0.119. The minimum absolute atomic E-state index is 0.115. The van der Waals surface area contributed by atoms with Gasteiger partial charge in [-0.2, -0.15) is 5.10 Å². The molecule has 1 N–H and O–H groups in total. The summed E-state index contributed by atoms with van der Waals surface area (Å²) in [6, 6.07) is 22.7. The Hall–Kier alpha value is -3.45. The quantitative estimate of drug-likeness (QED) is 0.467. The number of carbonyl (C=O) groups excluding carboxylic acids is 1. The zero-order valence-electron chi connectivity index (χ0n) is 16.8. The first kappa shape index (κ1) is 21.3. The van der Waals surface area contributed by atoms with Crippen molar-refractivity contribution in [2.75, 3.05) is 10.8 Å². The summed E-state index contributed by atoms with van der Waals surface area (Å²) in [4.78, 5) is 12.6. The molecule has 0 fully saturated rings. The highest BCUT2D eigenvalue weighted by Gasteiger charge is 2.27. The van der Waals surface area contributed by atoms with Crippen LogP contribution in [0.3, 0.4) is 0 Å². The standard InChI is InChI=1S/C23H23N3O3S/c1-18-12-14-20(15-13-18)16-24-25-23(27)17-26(22-11-7-6-8-19(22)2)30(28,29)21-9-4-3-5-10-21/h3-16H,17H2,1-2H3,(H,25,27)/b24-16+. The number of hydrazone groups is 1. The molecule has 0 atom stereocenters. The van der Waals surface area contributed by atoms with Crippen molar-refractivity contribution in [2.24, 2.45) is 5.10 Å². The lowest BCUT2D eigenvalue weighted by atomic mass is 10.2. The van der Waals surface area contributed by atoms with E-state index in [1.165, 1.54) is 18.3 Å². The van der Waals surface area contributed by atoms with Crippen LogP contribution in [0, 0.1) is 13.8 Å². The van der Waals surface area contributed by atoms with Crippen molar-refractivity contribution >= 4 is 27.8 Å². The second-order valence-electron chi connectivity index (χ2n) is 6.82. The second-order valence-corrected chi connectivity index (χ2v) is 8.68. The third kappa shape index (κ3) is 5.12. The van der Waals surface area contributed by atoms with Gasteiger partial charge in [0.05, 0.1) is 16.8 Å². The fraction of sp³-hybridized carbons (Fsp3) is 0.130. The molecule has 0 bridgehead atoms. The molecular formula is C23H23N3O3S. The number of hydrogen-bond donors (Lipinski definition) is 1. The molecule has 154 valence electrons. The van der Waals surface area contributed by atoms with E-state index in [1.54, 1.807) is 43.3 Å². The van der Waals surface area contributed by atoms with Crippen molar-refractivity contribution < 1.29 is 13.2 Å². The van der Waals surface area contributed by atoms with E-state index < -0.39 is 22.5 Å². The van der Waals surface area contributed by atoms with Crippen LogP contribution in [0.25, 0.3) is 0 Å². The van der Waals surface area contributed by atoms with Crippen LogP contribution in [0.1, 0.15) is 16.7 Å². The third-order valence-electron chi connectivity index (χ3n) is 4.48. The van der Waals surface area contributed by atoms with Gasteiger partial charge in [-0.15, -0.1) is 0 Å². The number of carbonyl (C=O) groups is 1. The summed E-state index contributed by atoms with van der Waals surface area (Å²) in [6.45, 7) is 3.39. The van der Waals surface area contributed by atoms with Gasteiger partial charge in [-0.05, 0) is 43.2 Å². The number of sulfonamides is 1. The van der Waals surface area contributed by atoms with Crippen LogP contribution in [0.2, 0.25) is 0 Å². The summed E-state index contributed by atoms with van der Waals surface area (Å²) < 4.78 is 27.6. The van der Waals surface area contributed by atoms with Gasteiger partial charge in [0, 0.05) is 0 Å². The van der Waals surface area contributed by atoms with Crippen molar-refractivity contribution in [1.82, 2.24) is 5.43 Å². The number of hydrogen-bond acceptors (Lipinski definition) is 4. The van der Waals surface area contributed by atoms with E-state index in [2.05, 4.69) is 10.5 Å². The highest BCUT2D eigenvalue weighted by atomic mass is 32.2. The van der Waals surface area contributed by atoms with Gasteiger partial charge in [-0.25, -0.2) is 13.8 Å². The van der Waals surface area contributed by atoms with E-state index in [9.17, 15) is 13.2 Å². The van der Waals surface area contributed by atoms with Crippen LogP contribution < -0.4 is 9.73 Å². The molecule has 3 rings (SSSR count). The molecule has 7 heteroatoms. The molecule has 3 aromatic carbocycles. The van der Waals surface area contributed by atoms with Gasteiger partial charge in [0.1, 0.15) is 6.54 Å². The minimum Gasteiger partial charge on any atom is -0.271 e. The third-order valence-corrected chi connectivity index (χ3v) is 6.26. The molecule has 1 amide bonds. The number of aryl methyl sites for hydroxylation is 2. The van der Waals surface area contributed by atoms with Gasteiger partial charge in [-0.3, -0.25) is 9.10 Å². The Bertz CT molecular complexity index is 1140. The highest BCUT2D eigenvalue weighted by molar-refractivity contribution is 7.92. The number of rotatable bonds is 7. The Balaban J connectivity index is 1.83. The van der Waals surface area contributed by atoms with Crippen LogP contribution >= 0.6 is 0 Å². The smallest absolute Gasteiger partial charge is 0.264 e. The predicted molar refractivity (Wildman–Crippen MR) is 119 cm³/mol. The van der Waals surface area contributed by atoms with Crippen LogP contribution in [0.5, 0.6) is 0 Å². The normalized spacial score (nSPS) is 11.4. The maximum absolute atomic E-state index is 13.3. The van der Waals surface area contributed by atoms with E-state index in [0.717, 1.165) is 21.0 Å². The maximum atomic E-state index is 13.3. The average molecular weight is 422 g/mol. The van der Waals surface area contributed by atoms with E-state index in [1.807, 2.05) is 37.3 Å². The summed E-state index contributed by atoms with van der Waals surface area (Å²) in [5.41, 5.74) is 5.55. The van der Waals surface area contributed by atoms with Gasteiger partial charge in [-0.1, -0.05) is 66.2 Å². The molecule has 0 radical (unpaired) electrons.